The van der Waals surface area contributed by atoms with E-state index < -0.39 is 6.10 Å². The van der Waals surface area contributed by atoms with Crippen molar-refractivity contribution in [2.24, 2.45) is 0 Å². The highest BCUT2D eigenvalue weighted by Crippen LogP contribution is 2.15. The number of rotatable bonds is 47. The van der Waals surface area contributed by atoms with Gasteiger partial charge in [0.1, 0.15) is 6.61 Å². The van der Waals surface area contributed by atoms with E-state index in [1.165, 1.54) is 77.0 Å². The van der Waals surface area contributed by atoms with Gasteiger partial charge in [-0.3, -0.25) is 9.59 Å². The second-order valence-corrected chi connectivity index (χ2v) is 17.2. The number of aliphatic hydroxyl groups excluding tert-OH is 1. The number of hydrogen-bond acceptors (Lipinski definition) is 5. The van der Waals surface area contributed by atoms with E-state index in [2.05, 4.69) is 148 Å². The minimum atomic E-state index is -0.796. The van der Waals surface area contributed by atoms with Crippen LogP contribution in [0.3, 0.4) is 0 Å². The van der Waals surface area contributed by atoms with E-state index in [0.29, 0.717) is 12.8 Å². The van der Waals surface area contributed by atoms with E-state index in [1.807, 2.05) is 0 Å². The number of unbranched alkanes of at least 4 members (excludes halogenated alkanes) is 17. The van der Waals surface area contributed by atoms with Crippen molar-refractivity contribution in [3.05, 3.63) is 134 Å². The molecule has 0 radical (unpaired) electrons. The van der Waals surface area contributed by atoms with E-state index in [-0.39, 0.29) is 25.2 Å². The smallest absolute Gasteiger partial charge is 0.306 e. The quantitative estimate of drug-likeness (QED) is 0.0374. The summed E-state index contributed by atoms with van der Waals surface area (Å²) < 4.78 is 10.7. The van der Waals surface area contributed by atoms with Crippen molar-refractivity contribution >= 4 is 11.9 Å². The van der Waals surface area contributed by atoms with Crippen molar-refractivity contribution in [1.82, 2.24) is 0 Å². The first-order chi connectivity index (χ1) is 32.6. The van der Waals surface area contributed by atoms with Gasteiger partial charge >= 0.3 is 11.9 Å². The van der Waals surface area contributed by atoms with Crippen molar-refractivity contribution in [3.8, 4) is 0 Å². The predicted octanol–water partition coefficient (Wildman–Crippen LogP) is 18.1. The SMILES string of the molecule is CC/C=C\C/C=C\C/C=C\C/C=C\C/C=C\C/C=C\CCCCCCCCCCCCCCCCC(=O)OC(CO)COC(=O)CCCCC/C=C\C/C=C\C/C=C\C/C=C\C/C=C\CC. The summed E-state index contributed by atoms with van der Waals surface area (Å²) in [6.07, 6.45) is 82.7. The van der Waals surface area contributed by atoms with Gasteiger partial charge in [0.25, 0.3) is 0 Å². The standard InChI is InChI=1S/C61H98O5/c1-3-5-7-9-11-13-15-17-19-21-23-24-25-26-27-28-29-30-31-32-33-34-35-36-38-40-42-44-46-48-50-52-54-56-61(64)66-59(57-62)58-65-60(63)55-53-51-49-47-45-43-41-39-37-22-20-18-16-14-12-10-8-6-4-2/h5-8,11-14,17-20,23-24,26-27,29-30,37,39,43,45,59,62H,3-4,9-10,15-16,21-22,25,28,31-36,38,40-42,44,46-58H2,1-2H3/b7-5-,8-6-,13-11-,14-12-,19-17-,20-18-,24-23-,27-26-,30-29-,39-37-,45-43-. The molecule has 0 saturated carbocycles. The molecule has 1 unspecified atom stereocenters. The lowest BCUT2D eigenvalue weighted by Gasteiger charge is -2.15. The van der Waals surface area contributed by atoms with E-state index in [0.717, 1.165) is 116 Å². The van der Waals surface area contributed by atoms with E-state index in [4.69, 9.17) is 9.47 Å². The normalized spacial score (nSPS) is 13.3. The molecule has 0 aliphatic carbocycles. The van der Waals surface area contributed by atoms with Crippen LogP contribution in [0.4, 0.5) is 0 Å². The molecule has 5 nitrogen and oxygen atoms in total. The zero-order valence-corrected chi connectivity index (χ0v) is 42.4. The van der Waals surface area contributed by atoms with Crippen molar-refractivity contribution in [1.29, 1.82) is 0 Å². The molecule has 5 heteroatoms. The lowest BCUT2D eigenvalue weighted by atomic mass is 10.0. The average Bonchev–Trinajstić information content (AvgIpc) is 3.32. The zero-order chi connectivity index (χ0) is 47.7. The molecule has 0 saturated heterocycles. The summed E-state index contributed by atoms with van der Waals surface area (Å²) in [5.74, 6) is -0.636. The molecule has 1 atom stereocenters. The van der Waals surface area contributed by atoms with Crippen LogP contribution in [0.1, 0.15) is 219 Å². The molecule has 1 N–H and O–H groups in total. The molecule has 0 fully saturated rings. The summed E-state index contributed by atoms with van der Waals surface area (Å²) in [6.45, 7) is 3.88. The van der Waals surface area contributed by atoms with Gasteiger partial charge in [0.2, 0.25) is 0 Å². The molecule has 0 aromatic rings. The van der Waals surface area contributed by atoms with Crippen LogP contribution in [0.2, 0.25) is 0 Å². The number of aliphatic hydroxyl groups is 1. The van der Waals surface area contributed by atoms with Crippen LogP contribution >= 0.6 is 0 Å². The highest BCUT2D eigenvalue weighted by Gasteiger charge is 2.16. The molecule has 372 valence electrons. The number of ether oxygens (including phenoxy) is 2. The Morgan fingerprint density at radius 3 is 0.924 bits per heavy atom. The van der Waals surface area contributed by atoms with E-state index >= 15 is 0 Å². The van der Waals surface area contributed by atoms with Gasteiger partial charge in [-0.25, -0.2) is 0 Å². The first-order valence-corrected chi connectivity index (χ1v) is 26.7. The first kappa shape index (κ1) is 62.0. The summed E-state index contributed by atoms with van der Waals surface area (Å²) in [6, 6.07) is 0. The fourth-order valence-corrected chi connectivity index (χ4v) is 7.00. The van der Waals surface area contributed by atoms with Crippen LogP contribution in [-0.4, -0.2) is 36.4 Å². The van der Waals surface area contributed by atoms with Crippen LogP contribution in [-0.2, 0) is 19.1 Å². The van der Waals surface area contributed by atoms with E-state index in [9.17, 15) is 14.7 Å². The Morgan fingerprint density at radius 1 is 0.348 bits per heavy atom. The van der Waals surface area contributed by atoms with Crippen molar-refractivity contribution in [2.45, 2.75) is 225 Å². The van der Waals surface area contributed by atoms with Crippen LogP contribution in [0.5, 0.6) is 0 Å². The highest BCUT2D eigenvalue weighted by molar-refractivity contribution is 5.70. The Bertz CT molecular complexity index is 1400. The van der Waals surface area contributed by atoms with Crippen LogP contribution in [0.15, 0.2) is 134 Å². The van der Waals surface area contributed by atoms with Crippen LogP contribution in [0.25, 0.3) is 0 Å². The summed E-state index contributed by atoms with van der Waals surface area (Å²) in [7, 11) is 0. The number of hydrogen-bond donors (Lipinski definition) is 1. The van der Waals surface area contributed by atoms with Crippen LogP contribution in [0, 0.1) is 0 Å². The Hall–Kier alpha value is -3.96. The molecular weight excluding hydrogens is 813 g/mol. The van der Waals surface area contributed by atoms with Crippen LogP contribution < -0.4 is 0 Å². The summed E-state index contributed by atoms with van der Waals surface area (Å²) in [5.41, 5.74) is 0. The molecule has 0 aromatic heterocycles. The maximum atomic E-state index is 12.3. The van der Waals surface area contributed by atoms with Gasteiger partial charge in [0, 0.05) is 12.8 Å². The van der Waals surface area contributed by atoms with Gasteiger partial charge in [-0.15, -0.1) is 0 Å². The molecule has 0 heterocycles. The van der Waals surface area contributed by atoms with Gasteiger partial charge in [0.05, 0.1) is 6.61 Å². The highest BCUT2D eigenvalue weighted by atomic mass is 16.6. The second-order valence-electron chi connectivity index (χ2n) is 17.2. The van der Waals surface area contributed by atoms with Gasteiger partial charge < -0.3 is 14.6 Å². The Kier molecular flexibility index (Phi) is 52.0. The lowest BCUT2D eigenvalue weighted by Crippen LogP contribution is -2.28. The van der Waals surface area contributed by atoms with Crippen molar-refractivity contribution in [3.63, 3.8) is 0 Å². The largest absolute Gasteiger partial charge is 0.462 e. The summed E-state index contributed by atoms with van der Waals surface area (Å²) in [4.78, 5) is 24.5. The topological polar surface area (TPSA) is 72.8 Å². The molecule has 0 aliphatic rings. The summed E-state index contributed by atoms with van der Waals surface area (Å²) >= 11 is 0. The monoisotopic (exact) mass is 911 g/mol. The number of esters is 2. The maximum absolute atomic E-state index is 12.3. The molecule has 0 aliphatic heterocycles. The lowest BCUT2D eigenvalue weighted by molar-refractivity contribution is -0.161. The van der Waals surface area contributed by atoms with E-state index in [1.54, 1.807) is 0 Å². The summed E-state index contributed by atoms with van der Waals surface area (Å²) in [5, 5.41) is 9.63. The van der Waals surface area contributed by atoms with Crippen molar-refractivity contribution in [2.75, 3.05) is 13.2 Å². The number of carbonyl (C=O) groups is 2. The molecule has 0 spiro atoms. The Morgan fingerprint density at radius 2 is 0.606 bits per heavy atom. The third-order valence-corrected chi connectivity index (χ3v) is 10.9. The predicted molar refractivity (Wildman–Crippen MR) is 288 cm³/mol. The molecule has 66 heavy (non-hydrogen) atoms. The number of carbonyl (C=O) groups excluding carboxylic acids is 2. The molecule has 0 amide bonds. The Balaban J connectivity index is 3.57. The fourth-order valence-electron chi connectivity index (χ4n) is 7.00. The minimum absolute atomic E-state index is 0.0904. The van der Waals surface area contributed by atoms with Gasteiger partial charge in [-0.05, 0) is 109 Å². The molecule has 0 bridgehead atoms. The molecule has 0 aromatic carbocycles. The molecule has 0 rings (SSSR count). The zero-order valence-electron chi connectivity index (χ0n) is 42.4. The van der Waals surface area contributed by atoms with Gasteiger partial charge in [-0.1, -0.05) is 231 Å². The second kappa shape index (κ2) is 55.4. The fraction of sp³-hybridized carbons (Fsp3) is 0.607. The van der Waals surface area contributed by atoms with Gasteiger partial charge in [0.15, 0.2) is 6.10 Å². The third kappa shape index (κ3) is 52.7. The average molecular weight is 911 g/mol. The minimum Gasteiger partial charge on any atom is -0.462 e. The third-order valence-electron chi connectivity index (χ3n) is 10.9. The Labute approximate surface area is 406 Å². The van der Waals surface area contributed by atoms with Crippen molar-refractivity contribution < 1.29 is 24.2 Å². The molecular formula is C61H98O5. The maximum Gasteiger partial charge on any atom is 0.306 e. The number of allylic oxidation sites excluding steroid dienone is 22. The van der Waals surface area contributed by atoms with Gasteiger partial charge in [-0.2, -0.15) is 0 Å². The first-order valence-electron chi connectivity index (χ1n) is 26.7.